The van der Waals surface area contributed by atoms with E-state index < -0.39 is 11.9 Å². The predicted molar refractivity (Wildman–Crippen MR) is 55.0 cm³/mol. The third-order valence-electron chi connectivity index (χ3n) is 2.57. The van der Waals surface area contributed by atoms with E-state index in [0.29, 0.717) is 17.0 Å². The molecular weight excluding hydrogens is 216 g/mol. The third kappa shape index (κ3) is 2.02. The van der Waals surface area contributed by atoms with Crippen molar-refractivity contribution in [3.05, 3.63) is 34.9 Å². The molecule has 0 heterocycles. The first-order valence-corrected chi connectivity index (χ1v) is 5.00. The molecule has 2 atom stereocenters. The summed E-state index contributed by atoms with van der Waals surface area (Å²) in [5.41, 5.74) is 0.535. The average Bonchev–Trinajstić information content (AvgIpc) is 2.97. The van der Waals surface area contributed by atoms with E-state index in [0.717, 1.165) is 0 Å². The highest BCUT2D eigenvalue weighted by molar-refractivity contribution is 6.30. The monoisotopic (exact) mass is 224 g/mol. The Morgan fingerprint density at radius 2 is 1.80 bits per heavy atom. The number of Topliss-reactive ketones (excluding diaryl/α,β-unsaturated/α-hetero) is 1. The Hall–Kier alpha value is -1.35. The molecule has 15 heavy (non-hydrogen) atoms. The minimum atomic E-state index is -0.887. The summed E-state index contributed by atoms with van der Waals surface area (Å²) in [6.07, 6.45) is 0.455. The predicted octanol–water partition coefficient (Wildman–Crippen LogP) is 2.24. The largest absolute Gasteiger partial charge is 0.481 e. The zero-order valence-corrected chi connectivity index (χ0v) is 8.57. The van der Waals surface area contributed by atoms with Gasteiger partial charge in [-0.05, 0) is 30.7 Å². The Morgan fingerprint density at radius 1 is 1.20 bits per heavy atom. The van der Waals surface area contributed by atoms with Gasteiger partial charge in [0.1, 0.15) is 0 Å². The molecule has 0 aliphatic heterocycles. The molecule has 1 fully saturated rings. The Balaban J connectivity index is 2.10. The van der Waals surface area contributed by atoms with E-state index in [2.05, 4.69) is 0 Å². The number of carboxylic acid groups (broad SMARTS) is 1. The molecule has 1 aromatic carbocycles. The lowest BCUT2D eigenvalue weighted by atomic mass is 10.1. The molecule has 0 unspecified atom stereocenters. The van der Waals surface area contributed by atoms with Gasteiger partial charge in [-0.15, -0.1) is 0 Å². The minimum absolute atomic E-state index is 0.0981. The molecule has 0 amide bonds. The van der Waals surface area contributed by atoms with Crippen LogP contribution in [-0.2, 0) is 4.79 Å². The van der Waals surface area contributed by atoms with E-state index in [1.54, 1.807) is 24.3 Å². The molecule has 1 aliphatic carbocycles. The van der Waals surface area contributed by atoms with E-state index in [4.69, 9.17) is 16.7 Å². The smallest absolute Gasteiger partial charge is 0.307 e. The summed E-state index contributed by atoms with van der Waals surface area (Å²) in [6, 6.07) is 6.52. The van der Waals surface area contributed by atoms with Gasteiger partial charge in [0.15, 0.2) is 5.78 Å². The van der Waals surface area contributed by atoms with Gasteiger partial charge < -0.3 is 5.11 Å². The number of carboxylic acids is 1. The van der Waals surface area contributed by atoms with E-state index in [9.17, 15) is 9.59 Å². The molecule has 3 nitrogen and oxygen atoms in total. The highest BCUT2D eigenvalue weighted by Gasteiger charge is 2.48. The second-order valence-electron chi connectivity index (χ2n) is 3.66. The standard InChI is InChI=1S/C11H9ClO3/c12-7-3-1-6(2-4-7)10(13)8-5-9(8)11(14)15/h1-4,8-9H,5H2,(H,14,15)/t8-,9+/m0/s1. The first-order chi connectivity index (χ1) is 7.09. The van der Waals surface area contributed by atoms with Crippen LogP contribution in [-0.4, -0.2) is 16.9 Å². The van der Waals surface area contributed by atoms with Crippen molar-refractivity contribution in [1.29, 1.82) is 0 Å². The van der Waals surface area contributed by atoms with Crippen LogP contribution in [0.25, 0.3) is 0 Å². The second kappa shape index (κ2) is 3.66. The topological polar surface area (TPSA) is 54.4 Å². The van der Waals surface area contributed by atoms with E-state index >= 15 is 0 Å². The van der Waals surface area contributed by atoms with E-state index in [-0.39, 0.29) is 11.7 Å². The Kier molecular flexibility index (Phi) is 2.49. The summed E-state index contributed by atoms with van der Waals surface area (Å²) in [5, 5.41) is 9.26. The van der Waals surface area contributed by atoms with Crippen molar-refractivity contribution in [2.75, 3.05) is 0 Å². The molecule has 1 aliphatic rings. The van der Waals surface area contributed by atoms with Gasteiger partial charge in [-0.2, -0.15) is 0 Å². The molecular formula is C11H9ClO3. The normalized spacial score (nSPS) is 23.5. The summed E-state index contributed by atoms with van der Waals surface area (Å²) in [6.45, 7) is 0. The molecule has 78 valence electrons. The van der Waals surface area contributed by atoms with E-state index in [1.807, 2.05) is 0 Å². The fraction of sp³-hybridized carbons (Fsp3) is 0.273. The first kappa shape index (κ1) is 10.2. The van der Waals surface area contributed by atoms with E-state index in [1.165, 1.54) is 0 Å². The van der Waals surface area contributed by atoms with Crippen molar-refractivity contribution >= 4 is 23.4 Å². The summed E-state index contributed by atoms with van der Waals surface area (Å²) in [7, 11) is 0. The van der Waals surface area contributed by atoms with Gasteiger partial charge in [0, 0.05) is 16.5 Å². The Bertz CT molecular complexity index is 410. The first-order valence-electron chi connectivity index (χ1n) is 4.62. The number of hydrogen-bond acceptors (Lipinski definition) is 2. The molecule has 0 spiro atoms. The van der Waals surface area contributed by atoms with Crippen LogP contribution in [0, 0.1) is 11.8 Å². The molecule has 0 bridgehead atoms. The van der Waals surface area contributed by atoms with Crippen LogP contribution in [0.1, 0.15) is 16.8 Å². The molecule has 0 aromatic heterocycles. The molecule has 0 radical (unpaired) electrons. The summed E-state index contributed by atoms with van der Waals surface area (Å²) in [4.78, 5) is 22.3. The molecule has 2 rings (SSSR count). The Morgan fingerprint density at radius 3 is 2.27 bits per heavy atom. The SMILES string of the molecule is O=C(c1ccc(Cl)cc1)[C@H]1C[C@H]1C(=O)O. The van der Waals surface area contributed by atoms with Gasteiger partial charge in [-0.3, -0.25) is 9.59 Å². The summed E-state index contributed by atoms with van der Waals surface area (Å²) in [5.74, 6) is -1.82. The highest BCUT2D eigenvalue weighted by Crippen LogP contribution is 2.41. The molecule has 1 aromatic rings. The van der Waals surface area contributed by atoms with Crippen LogP contribution < -0.4 is 0 Å². The maximum Gasteiger partial charge on any atom is 0.307 e. The zero-order valence-electron chi connectivity index (χ0n) is 7.81. The maximum atomic E-state index is 11.7. The second-order valence-corrected chi connectivity index (χ2v) is 4.09. The van der Waals surface area contributed by atoms with Crippen molar-refractivity contribution in [1.82, 2.24) is 0 Å². The number of rotatable bonds is 3. The minimum Gasteiger partial charge on any atom is -0.481 e. The molecule has 1 N–H and O–H groups in total. The lowest BCUT2D eigenvalue weighted by Crippen LogP contribution is -2.07. The number of ketones is 1. The van der Waals surface area contributed by atoms with Crippen molar-refractivity contribution < 1.29 is 14.7 Å². The van der Waals surface area contributed by atoms with Crippen molar-refractivity contribution in [3.8, 4) is 0 Å². The van der Waals surface area contributed by atoms with Crippen molar-refractivity contribution in [2.45, 2.75) is 6.42 Å². The summed E-state index contributed by atoms with van der Waals surface area (Å²) >= 11 is 5.69. The summed E-state index contributed by atoms with van der Waals surface area (Å²) < 4.78 is 0. The lowest BCUT2D eigenvalue weighted by Gasteiger charge is -1.98. The van der Waals surface area contributed by atoms with Crippen LogP contribution in [0.3, 0.4) is 0 Å². The zero-order chi connectivity index (χ0) is 11.0. The van der Waals surface area contributed by atoms with Gasteiger partial charge in [0.2, 0.25) is 0 Å². The van der Waals surface area contributed by atoms with Crippen molar-refractivity contribution in [3.63, 3.8) is 0 Å². The average molecular weight is 225 g/mol. The Labute approximate surface area is 91.7 Å². The van der Waals surface area contributed by atoms with Gasteiger partial charge in [0.05, 0.1) is 5.92 Å². The number of hydrogen-bond donors (Lipinski definition) is 1. The number of carbonyl (C=O) groups excluding carboxylic acids is 1. The van der Waals surface area contributed by atoms with Gasteiger partial charge in [0.25, 0.3) is 0 Å². The molecule has 0 saturated heterocycles. The number of carbonyl (C=O) groups is 2. The highest BCUT2D eigenvalue weighted by atomic mass is 35.5. The van der Waals surface area contributed by atoms with Crippen LogP contribution in [0.2, 0.25) is 5.02 Å². The third-order valence-corrected chi connectivity index (χ3v) is 2.83. The van der Waals surface area contributed by atoms with Crippen molar-refractivity contribution in [2.24, 2.45) is 11.8 Å². The van der Waals surface area contributed by atoms with Gasteiger partial charge >= 0.3 is 5.97 Å². The molecule has 4 heteroatoms. The van der Waals surface area contributed by atoms with Crippen LogP contribution >= 0.6 is 11.6 Å². The maximum absolute atomic E-state index is 11.7. The molecule has 1 saturated carbocycles. The van der Waals surface area contributed by atoms with Crippen LogP contribution in [0.4, 0.5) is 0 Å². The quantitative estimate of drug-likeness (QED) is 0.802. The number of halogens is 1. The lowest BCUT2D eigenvalue weighted by molar-refractivity contribution is -0.138. The van der Waals surface area contributed by atoms with Crippen LogP contribution in [0.5, 0.6) is 0 Å². The number of aliphatic carboxylic acids is 1. The fourth-order valence-electron chi connectivity index (χ4n) is 1.59. The van der Waals surface area contributed by atoms with Gasteiger partial charge in [-0.25, -0.2) is 0 Å². The number of benzene rings is 1. The van der Waals surface area contributed by atoms with Crippen LogP contribution in [0.15, 0.2) is 24.3 Å². The fourth-order valence-corrected chi connectivity index (χ4v) is 1.71. The van der Waals surface area contributed by atoms with Gasteiger partial charge in [-0.1, -0.05) is 11.6 Å².